The topological polar surface area (TPSA) is 73.5 Å². The van der Waals surface area contributed by atoms with Gasteiger partial charge in [-0.05, 0) is 25.0 Å². The van der Waals surface area contributed by atoms with Crippen molar-refractivity contribution in [2.75, 3.05) is 0 Å². The number of nitrogens with zero attached hydrogens (tertiary/aromatic N) is 2. The van der Waals surface area contributed by atoms with Gasteiger partial charge in [0.2, 0.25) is 5.43 Å². The van der Waals surface area contributed by atoms with Gasteiger partial charge in [-0.3, -0.25) is 4.79 Å². The quantitative estimate of drug-likeness (QED) is 0.569. The fraction of sp³-hybridized carbons (Fsp3) is 0.176. The molecule has 1 saturated carbocycles. The van der Waals surface area contributed by atoms with Gasteiger partial charge in [-0.1, -0.05) is 0 Å². The Morgan fingerprint density at radius 1 is 1.12 bits per heavy atom. The second kappa shape index (κ2) is 5.65. The summed E-state index contributed by atoms with van der Waals surface area (Å²) in [4.78, 5) is 23.2. The van der Waals surface area contributed by atoms with Crippen LogP contribution in [-0.2, 0) is 0 Å². The van der Waals surface area contributed by atoms with E-state index in [1.54, 1.807) is 0 Å². The van der Waals surface area contributed by atoms with Crippen molar-refractivity contribution in [3.8, 4) is 11.4 Å². The maximum absolute atomic E-state index is 15.2. The number of halogens is 3. The van der Waals surface area contributed by atoms with Crippen molar-refractivity contribution in [3.63, 3.8) is 0 Å². The Balaban J connectivity index is 2.15. The number of pyridine rings is 1. The van der Waals surface area contributed by atoms with E-state index in [0.717, 1.165) is 10.8 Å². The monoisotopic (exact) mass is 364 g/mol. The number of carbonyl (C=O) groups is 1. The molecule has 1 aromatic carbocycles. The highest BCUT2D eigenvalue weighted by Crippen LogP contribution is 2.40. The minimum atomic E-state index is -1.78. The van der Waals surface area contributed by atoms with E-state index in [-0.39, 0.29) is 6.04 Å². The molecule has 2 heterocycles. The Bertz CT molecular complexity index is 1100. The normalized spacial score (nSPS) is 14.0. The molecule has 134 valence electrons. The van der Waals surface area contributed by atoms with E-state index in [4.69, 9.17) is 5.11 Å². The summed E-state index contributed by atoms with van der Waals surface area (Å²) < 4.78 is 51.1. The molecule has 3 aromatic rings. The highest BCUT2D eigenvalue weighted by molar-refractivity contribution is 5.85. The van der Waals surface area contributed by atoms with Crippen molar-refractivity contribution in [2.45, 2.75) is 18.9 Å². The molecule has 0 spiro atoms. The van der Waals surface area contributed by atoms with Gasteiger partial charge in [0.05, 0.1) is 17.1 Å². The number of benzene rings is 1. The average Bonchev–Trinajstić information content (AvgIpc) is 3.30. The van der Waals surface area contributed by atoms with Crippen molar-refractivity contribution in [1.29, 1.82) is 0 Å². The van der Waals surface area contributed by atoms with Crippen LogP contribution in [0.1, 0.15) is 18.9 Å². The first-order chi connectivity index (χ1) is 12.4. The largest absolute Gasteiger partial charge is 0.511 e. The lowest BCUT2D eigenvalue weighted by molar-refractivity contribution is 0.143. The Morgan fingerprint density at radius 2 is 1.77 bits per heavy atom. The van der Waals surface area contributed by atoms with Gasteiger partial charge in [0, 0.05) is 18.4 Å². The summed E-state index contributed by atoms with van der Waals surface area (Å²) >= 11 is 0. The molecule has 0 radical (unpaired) electrons. The lowest BCUT2D eigenvalue weighted by Crippen LogP contribution is -2.19. The van der Waals surface area contributed by atoms with E-state index in [2.05, 4.69) is 4.74 Å². The summed E-state index contributed by atoms with van der Waals surface area (Å²) in [5.41, 5.74) is -2.30. The van der Waals surface area contributed by atoms with Crippen LogP contribution in [0, 0.1) is 17.5 Å². The third kappa shape index (κ3) is 2.35. The molecule has 0 aliphatic heterocycles. The third-order valence-electron chi connectivity index (χ3n) is 4.24. The van der Waals surface area contributed by atoms with Crippen LogP contribution in [0.3, 0.4) is 0 Å². The molecule has 1 fully saturated rings. The van der Waals surface area contributed by atoms with E-state index in [9.17, 15) is 18.4 Å². The number of aromatic nitrogens is 2. The Hall–Kier alpha value is -3.23. The predicted molar refractivity (Wildman–Crippen MR) is 84.3 cm³/mol. The molecule has 0 unspecified atom stereocenters. The molecule has 1 N–H and O–H groups in total. The molecule has 1 aliphatic rings. The lowest BCUT2D eigenvalue weighted by atomic mass is 10.1. The van der Waals surface area contributed by atoms with Crippen LogP contribution in [0.5, 0.6) is 5.75 Å². The highest BCUT2D eigenvalue weighted by Gasteiger charge is 2.32. The lowest BCUT2D eigenvalue weighted by Gasteiger charge is -2.16. The van der Waals surface area contributed by atoms with Gasteiger partial charge in [-0.15, -0.1) is 0 Å². The molecule has 26 heavy (non-hydrogen) atoms. The molecule has 1 aliphatic carbocycles. The van der Waals surface area contributed by atoms with Crippen LogP contribution >= 0.6 is 0 Å². The first-order valence-corrected chi connectivity index (χ1v) is 7.69. The van der Waals surface area contributed by atoms with E-state index in [1.807, 2.05) is 0 Å². The van der Waals surface area contributed by atoms with Crippen molar-refractivity contribution in [1.82, 2.24) is 9.13 Å². The van der Waals surface area contributed by atoms with E-state index < -0.39 is 51.4 Å². The molecule has 2 aromatic heterocycles. The van der Waals surface area contributed by atoms with E-state index in [0.29, 0.717) is 12.8 Å². The number of hydrogen-bond acceptors (Lipinski definition) is 3. The molecule has 4 rings (SSSR count). The van der Waals surface area contributed by atoms with Crippen LogP contribution < -0.4 is 10.2 Å². The zero-order chi connectivity index (χ0) is 18.6. The summed E-state index contributed by atoms with van der Waals surface area (Å²) in [7, 11) is 0. The summed E-state index contributed by atoms with van der Waals surface area (Å²) in [6.45, 7) is 0. The number of hydrogen-bond donors (Lipinski definition) is 1. The van der Waals surface area contributed by atoms with Gasteiger partial charge in [-0.25, -0.2) is 18.0 Å². The predicted octanol–water partition coefficient (Wildman–Crippen LogP) is 3.60. The average molecular weight is 364 g/mol. The molecular weight excluding hydrogens is 353 g/mol. The SMILES string of the molecule is O=C(O)Oc1cn(C2CC2)c2c(F)c(-n3cccc3)c(F)c(F)c2c1=O. The van der Waals surface area contributed by atoms with Gasteiger partial charge in [0.1, 0.15) is 5.69 Å². The zero-order valence-corrected chi connectivity index (χ0v) is 13.1. The highest BCUT2D eigenvalue weighted by atomic mass is 19.2. The molecule has 0 atom stereocenters. The fourth-order valence-electron chi connectivity index (χ4n) is 2.98. The summed E-state index contributed by atoms with van der Waals surface area (Å²) in [6.07, 6.45) is 3.18. The van der Waals surface area contributed by atoms with Crippen molar-refractivity contribution in [2.24, 2.45) is 0 Å². The third-order valence-corrected chi connectivity index (χ3v) is 4.24. The minimum absolute atomic E-state index is 0.258. The standard InChI is InChI=1S/C17H11F3N2O4/c18-11-10-14(13(20)15(12(11)19)21-5-1-2-6-21)22(8-3-4-8)7-9(16(10)23)26-17(24)25/h1-2,5-8H,3-4H2,(H,24,25). The Morgan fingerprint density at radius 3 is 2.35 bits per heavy atom. The van der Waals surface area contributed by atoms with Gasteiger partial charge in [0.25, 0.3) is 0 Å². The summed E-state index contributed by atoms with van der Waals surface area (Å²) in [5.74, 6) is -4.91. The smallest absolute Gasteiger partial charge is 0.449 e. The zero-order valence-electron chi connectivity index (χ0n) is 13.1. The Kier molecular flexibility index (Phi) is 3.53. The van der Waals surface area contributed by atoms with E-state index in [1.165, 1.54) is 29.1 Å². The van der Waals surface area contributed by atoms with E-state index >= 15 is 4.39 Å². The maximum Gasteiger partial charge on any atom is 0.511 e. The molecule has 6 nitrogen and oxygen atoms in total. The summed E-state index contributed by atoms with van der Waals surface area (Å²) in [5, 5.41) is 7.87. The number of rotatable bonds is 3. The van der Waals surface area contributed by atoms with Crippen LogP contribution in [0.2, 0.25) is 0 Å². The summed E-state index contributed by atoms with van der Waals surface area (Å²) in [6, 6.07) is 2.77. The number of carboxylic acid groups (broad SMARTS) is 1. The Labute approximate surface area is 143 Å². The van der Waals surface area contributed by atoms with Crippen LogP contribution in [0.15, 0.2) is 35.5 Å². The molecular formula is C17H11F3N2O4. The van der Waals surface area contributed by atoms with Crippen LogP contribution in [0.25, 0.3) is 16.6 Å². The van der Waals surface area contributed by atoms with Crippen molar-refractivity contribution >= 4 is 17.1 Å². The fourth-order valence-corrected chi connectivity index (χ4v) is 2.98. The molecule has 9 heteroatoms. The first-order valence-electron chi connectivity index (χ1n) is 7.69. The van der Waals surface area contributed by atoms with Gasteiger partial charge in [-0.2, -0.15) is 0 Å². The maximum atomic E-state index is 15.2. The van der Waals surface area contributed by atoms with Crippen LogP contribution in [-0.4, -0.2) is 20.4 Å². The molecule has 0 saturated heterocycles. The second-order valence-electron chi connectivity index (χ2n) is 5.93. The van der Waals surface area contributed by atoms with Crippen molar-refractivity contribution < 1.29 is 27.8 Å². The first kappa shape index (κ1) is 16.2. The minimum Gasteiger partial charge on any atom is -0.449 e. The van der Waals surface area contributed by atoms with Gasteiger partial charge in [0.15, 0.2) is 23.2 Å². The van der Waals surface area contributed by atoms with Crippen LogP contribution in [0.4, 0.5) is 18.0 Å². The second-order valence-corrected chi connectivity index (χ2v) is 5.93. The molecule has 0 amide bonds. The van der Waals surface area contributed by atoms with Gasteiger partial charge < -0.3 is 19.0 Å². The van der Waals surface area contributed by atoms with Gasteiger partial charge >= 0.3 is 6.16 Å². The molecule has 0 bridgehead atoms. The number of fused-ring (bicyclic) bond motifs is 1. The number of ether oxygens (including phenoxy) is 1. The van der Waals surface area contributed by atoms with Crippen molar-refractivity contribution in [3.05, 3.63) is 58.4 Å².